The molecule has 4 rings (SSSR count). The fourth-order valence-corrected chi connectivity index (χ4v) is 4.74. The van der Waals surface area contributed by atoms with Crippen molar-refractivity contribution in [1.82, 2.24) is 0 Å². The van der Waals surface area contributed by atoms with Crippen molar-refractivity contribution in [3.05, 3.63) is 28.2 Å². The number of benzene rings is 1. The van der Waals surface area contributed by atoms with E-state index < -0.39 is 22.7 Å². The predicted molar refractivity (Wildman–Crippen MR) is 88.9 cm³/mol. The summed E-state index contributed by atoms with van der Waals surface area (Å²) in [5, 5.41) is 20.1. The monoisotopic (exact) mass is 403 g/mol. The summed E-state index contributed by atoms with van der Waals surface area (Å²) in [6.07, 6.45) is -0.217. The van der Waals surface area contributed by atoms with Gasteiger partial charge in [-0.25, -0.2) is 4.99 Å². The minimum atomic E-state index is -1.43. The van der Waals surface area contributed by atoms with E-state index in [1.807, 2.05) is 19.1 Å². The highest BCUT2D eigenvalue weighted by Crippen LogP contribution is 2.80. The molecule has 5 atom stereocenters. The van der Waals surface area contributed by atoms with Gasteiger partial charge in [0.1, 0.15) is 5.75 Å². The molecular formula is C17H16BrN4O3+. The molecule has 1 saturated heterocycles. The van der Waals surface area contributed by atoms with Gasteiger partial charge >= 0.3 is 5.91 Å². The van der Waals surface area contributed by atoms with Crippen LogP contribution in [0.15, 0.2) is 22.7 Å². The molecule has 2 fully saturated rings. The number of amidine groups is 1. The summed E-state index contributed by atoms with van der Waals surface area (Å²) in [6.45, 7) is 2.16. The van der Waals surface area contributed by atoms with E-state index in [0.29, 0.717) is 12.4 Å². The molecular weight excluding hydrogens is 388 g/mol. The van der Waals surface area contributed by atoms with Crippen molar-refractivity contribution in [3.63, 3.8) is 0 Å². The lowest BCUT2D eigenvalue weighted by molar-refractivity contribution is -0.677. The van der Waals surface area contributed by atoms with Crippen molar-refractivity contribution in [2.75, 3.05) is 13.7 Å². The van der Waals surface area contributed by atoms with Gasteiger partial charge in [0.05, 0.1) is 37.9 Å². The lowest BCUT2D eigenvalue weighted by atomic mass is 9.93. The van der Waals surface area contributed by atoms with Crippen LogP contribution in [0.2, 0.25) is 0 Å². The molecule has 2 aliphatic heterocycles. The first kappa shape index (κ1) is 16.3. The predicted octanol–water partition coefficient (Wildman–Crippen LogP) is 0.115. The first-order chi connectivity index (χ1) is 11.9. The summed E-state index contributed by atoms with van der Waals surface area (Å²) in [5.74, 6) is -1.19. The van der Waals surface area contributed by atoms with Crippen LogP contribution in [0.5, 0.6) is 5.75 Å². The quantitative estimate of drug-likeness (QED) is 0.724. The molecule has 1 aromatic rings. The third-order valence-electron chi connectivity index (χ3n) is 5.39. The number of nitriles is 2. The molecule has 1 aromatic carbocycles. The molecule has 0 radical (unpaired) electrons. The van der Waals surface area contributed by atoms with E-state index in [1.165, 1.54) is 0 Å². The molecule has 128 valence electrons. The summed E-state index contributed by atoms with van der Waals surface area (Å²) >= 11 is 3.44. The molecule has 25 heavy (non-hydrogen) atoms. The summed E-state index contributed by atoms with van der Waals surface area (Å²) in [6, 6.07) is 10.0. The minimum Gasteiger partial charge on any atom is -0.496 e. The fourth-order valence-electron chi connectivity index (χ4n) is 4.36. The maximum atomic E-state index is 10.1. The standard InChI is InChI=1S/C17H15BrN4O3/c1-9-6-24-17(25-9)16(8-20)13(15(16,7-19)14(21)22-17)11-5-10(18)3-4-12(11)23-2/h3-5,9,13H,6H2,1-2H3,(H2,21,22)/p+1/t9-,13-,15-,16-,17+/m1/s1. The Hall–Kier alpha value is -2.13. The maximum Gasteiger partial charge on any atom is 0.343 e. The van der Waals surface area contributed by atoms with Crippen LogP contribution in [0.3, 0.4) is 0 Å². The van der Waals surface area contributed by atoms with Gasteiger partial charge in [-0.15, -0.1) is 0 Å². The largest absolute Gasteiger partial charge is 0.496 e. The molecule has 3 N–H and O–H groups in total. The topological polar surface area (TPSA) is 115 Å². The van der Waals surface area contributed by atoms with E-state index in [4.69, 9.17) is 19.9 Å². The van der Waals surface area contributed by atoms with Crippen LogP contribution in [0.25, 0.3) is 0 Å². The van der Waals surface area contributed by atoms with Crippen molar-refractivity contribution in [2.45, 2.75) is 24.9 Å². The SMILES string of the molecule is COc1ccc(Br)cc1[C@H]1[C@@]2(C#N)[C@]3([NH+]=C(N)[C@@]12C#N)OC[C@@H](C)O3. The van der Waals surface area contributed by atoms with Crippen LogP contribution >= 0.6 is 15.9 Å². The van der Waals surface area contributed by atoms with Crippen molar-refractivity contribution in [2.24, 2.45) is 16.6 Å². The van der Waals surface area contributed by atoms with Crippen LogP contribution in [-0.4, -0.2) is 31.6 Å². The van der Waals surface area contributed by atoms with Gasteiger partial charge in [0.2, 0.25) is 0 Å². The number of fused-ring (bicyclic) bond motifs is 2. The Morgan fingerprint density at radius 3 is 2.72 bits per heavy atom. The van der Waals surface area contributed by atoms with Gasteiger partial charge in [-0.1, -0.05) is 15.9 Å². The van der Waals surface area contributed by atoms with Crippen LogP contribution < -0.4 is 15.5 Å². The fraction of sp³-hybridized carbons (Fsp3) is 0.471. The zero-order chi connectivity index (χ0) is 18.0. The summed E-state index contributed by atoms with van der Waals surface area (Å²) in [7, 11) is 1.55. The van der Waals surface area contributed by atoms with E-state index in [9.17, 15) is 10.5 Å². The first-order valence-electron chi connectivity index (χ1n) is 7.81. The third-order valence-corrected chi connectivity index (χ3v) is 5.89. The molecule has 0 aromatic heterocycles. The van der Waals surface area contributed by atoms with Gasteiger partial charge in [-0.2, -0.15) is 10.5 Å². The average Bonchev–Trinajstić information content (AvgIpc) is 2.98. The molecule has 1 spiro atoms. The summed E-state index contributed by atoms with van der Waals surface area (Å²) in [4.78, 5) is 2.95. The van der Waals surface area contributed by atoms with Crippen molar-refractivity contribution in [1.29, 1.82) is 10.5 Å². The molecule has 0 unspecified atom stereocenters. The second-order valence-corrected chi connectivity index (χ2v) is 7.47. The van der Waals surface area contributed by atoms with Crippen LogP contribution in [0.4, 0.5) is 0 Å². The third kappa shape index (κ3) is 1.63. The molecule has 8 heteroatoms. The maximum absolute atomic E-state index is 10.1. The van der Waals surface area contributed by atoms with Gasteiger partial charge in [0.25, 0.3) is 5.84 Å². The molecule has 0 amide bonds. The van der Waals surface area contributed by atoms with E-state index >= 15 is 0 Å². The summed E-state index contributed by atoms with van der Waals surface area (Å²) in [5.41, 5.74) is 4.38. The van der Waals surface area contributed by atoms with E-state index in [2.05, 4.69) is 33.1 Å². The van der Waals surface area contributed by atoms with Crippen molar-refractivity contribution in [3.8, 4) is 17.9 Å². The number of nitrogens with one attached hydrogen (secondary N) is 1. The van der Waals surface area contributed by atoms with Crippen LogP contribution in [0, 0.1) is 33.5 Å². The summed E-state index contributed by atoms with van der Waals surface area (Å²) < 4.78 is 18.1. The van der Waals surface area contributed by atoms with Gasteiger partial charge in [-0.05, 0) is 25.1 Å². The molecule has 0 bridgehead atoms. The highest BCUT2D eigenvalue weighted by molar-refractivity contribution is 9.10. The number of halogens is 1. The Morgan fingerprint density at radius 1 is 1.40 bits per heavy atom. The van der Waals surface area contributed by atoms with E-state index in [-0.39, 0.29) is 11.9 Å². The number of hydrogen-bond acceptors (Lipinski definition) is 6. The van der Waals surface area contributed by atoms with Gasteiger partial charge in [0.15, 0.2) is 10.8 Å². The van der Waals surface area contributed by atoms with Crippen LogP contribution in [-0.2, 0) is 9.47 Å². The molecule has 2 heterocycles. The Balaban J connectivity index is 1.95. The van der Waals surface area contributed by atoms with Crippen molar-refractivity contribution >= 4 is 21.8 Å². The Kier molecular flexibility index (Phi) is 3.24. The number of nitrogens with zero attached hydrogens (tertiary/aromatic N) is 2. The van der Waals surface area contributed by atoms with E-state index in [0.717, 1.165) is 10.0 Å². The van der Waals surface area contributed by atoms with E-state index in [1.54, 1.807) is 13.2 Å². The molecule has 3 aliphatic rings. The number of hydrogen-bond donors (Lipinski definition) is 2. The smallest absolute Gasteiger partial charge is 0.343 e. The lowest BCUT2D eigenvalue weighted by Gasteiger charge is -2.24. The average molecular weight is 404 g/mol. The Bertz CT molecular complexity index is 891. The van der Waals surface area contributed by atoms with Gasteiger partial charge in [0, 0.05) is 10.0 Å². The normalized spacial score (nSPS) is 40.9. The zero-order valence-electron chi connectivity index (χ0n) is 13.7. The minimum absolute atomic E-state index is 0.192. The number of ether oxygens (including phenoxy) is 3. The lowest BCUT2D eigenvalue weighted by Crippen LogP contribution is -2.90. The Morgan fingerprint density at radius 2 is 2.16 bits per heavy atom. The zero-order valence-corrected chi connectivity index (χ0v) is 15.3. The van der Waals surface area contributed by atoms with Gasteiger partial charge in [-0.3, -0.25) is 5.73 Å². The molecule has 1 aliphatic carbocycles. The number of nitrogens with two attached hydrogens (primary N) is 1. The Labute approximate surface area is 153 Å². The van der Waals surface area contributed by atoms with Crippen LogP contribution in [0.1, 0.15) is 18.4 Å². The highest BCUT2D eigenvalue weighted by atomic mass is 79.9. The number of rotatable bonds is 2. The van der Waals surface area contributed by atoms with Gasteiger partial charge < -0.3 is 14.2 Å². The second kappa shape index (κ2) is 4.95. The van der Waals surface area contributed by atoms with Crippen molar-refractivity contribution < 1.29 is 19.2 Å². The highest BCUT2D eigenvalue weighted by Gasteiger charge is 2.98. The number of methoxy groups -OCH3 is 1. The second-order valence-electron chi connectivity index (χ2n) is 6.55. The first-order valence-corrected chi connectivity index (χ1v) is 8.60. The molecule has 7 nitrogen and oxygen atoms in total. The molecule has 1 saturated carbocycles.